The van der Waals surface area contributed by atoms with Crippen molar-refractivity contribution in [3.05, 3.63) is 88.7 Å². The van der Waals surface area contributed by atoms with E-state index in [-0.39, 0.29) is 28.5 Å². The Balaban J connectivity index is 1.69. The van der Waals surface area contributed by atoms with Gasteiger partial charge in [0.15, 0.2) is 6.61 Å². The molecule has 1 heterocycles. The molecule has 180 valence electrons. The summed E-state index contributed by atoms with van der Waals surface area (Å²) in [6, 6.07) is 15.4. The lowest BCUT2D eigenvalue weighted by molar-refractivity contribution is 0.0474. The van der Waals surface area contributed by atoms with E-state index in [4.69, 9.17) is 11.2 Å². The molecule has 35 heavy (non-hydrogen) atoms. The number of terminal acetylenes is 1. The lowest BCUT2D eigenvalue weighted by Gasteiger charge is -2.12. The third-order valence-electron chi connectivity index (χ3n) is 5.06. The fourth-order valence-electron chi connectivity index (χ4n) is 3.28. The van der Waals surface area contributed by atoms with Crippen molar-refractivity contribution in [1.29, 1.82) is 0 Å². The molecule has 0 aliphatic heterocycles. The summed E-state index contributed by atoms with van der Waals surface area (Å²) in [5.41, 5.74) is 4.52. The van der Waals surface area contributed by atoms with Crippen LogP contribution < -0.4 is 10.1 Å². The number of amides is 1. The second-order valence-corrected chi connectivity index (χ2v) is 9.25. The fourth-order valence-corrected chi connectivity index (χ4v) is 4.26. The van der Waals surface area contributed by atoms with Gasteiger partial charge in [0.05, 0.1) is 17.0 Å². The number of nitrogens with zero attached hydrogens (tertiary/aromatic N) is 1. The van der Waals surface area contributed by atoms with Crippen LogP contribution in [0.15, 0.2) is 65.6 Å². The highest BCUT2D eigenvalue weighted by atomic mass is 32.2. The van der Waals surface area contributed by atoms with E-state index in [2.05, 4.69) is 16.1 Å². The third-order valence-corrected chi connectivity index (χ3v) is 6.46. The first-order chi connectivity index (χ1) is 16.6. The number of Topliss-reactive ketones (excluding diaryl/α,β-unsaturated/α-hetero) is 1. The number of hydrogen-bond acceptors (Lipinski definition) is 6. The molecule has 2 aromatic carbocycles. The Morgan fingerprint density at radius 2 is 1.69 bits per heavy atom. The maximum Gasteiger partial charge on any atom is 0.338 e. The number of benzene rings is 2. The van der Waals surface area contributed by atoms with Crippen LogP contribution in [0.4, 0.5) is 0 Å². The lowest BCUT2D eigenvalue weighted by atomic mass is 10.1. The summed E-state index contributed by atoms with van der Waals surface area (Å²) in [7, 11) is -3.89. The largest absolute Gasteiger partial charge is 0.454 e. The number of hydrogen-bond donors (Lipinski definition) is 2. The van der Waals surface area contributed by atoms with Gasteiger partial charge in [0.2, 0.25) is 15.8 Å². The minimum atomic E-state index is -3.89. The molecule has 3 rings (SSSR count). The maximum atomic E-state index is 12.7. The van der Waals surface area contributed by atoms with Crippen molar-refractivity contribution >= 4 is 27.7 Å². The van der Waals surface area contributed by atoms with Crippen LogP contribution in [-0.2, 0) is 14.8 Å². The number of aromatic nitrogens is 1. The molecule has 3 aromatic rings. The van der Waals surface area contributed by atoms with Gasteiger partial charge in [-0.05, 0) is 50.2 Å². The van der Waals surface area contributed by atoms with Crippen LogP contribution in [0.5, 0.6) is 0 Å². The first-order valence-corrected chi connectivity index (χ1v) is 11.9. The van der Waals surface area contributed by atoms with Crippen LogP contribution in [0.3, 0.4) is 0 Å². The molecule has 0 saturated heterocycles. The molecule has 0 radical (unpaired) electrons. The van der Waals surface area contributed by atoms with E-state index in [0.29, 0.717) is 17.0 Å². The van der Waals surface area contributed by atoms with Crippen molar-refractivity contribution in [3.8, 4) is 12.3 Å². The number of aryl methyl sites for hydroxylation is 1. The number of ether oxygens (including phenoxy) is 1. The van der Waals surface area contributed by atoms with Crippen LogP contribution >= 0.6 is 0 Å². The number of esters is 1. The SMILES string of the molecule is C#CCNS(=O)(=O)c1cccc(C(=O)OCC(=O)c2cc(C)n(NC(=O)c3ccccc3)c2C)c1. The van der Waals surface area contributed by atoms with Gasteiger partial charge in [-0.2, -0.15) is 4.72 Å². The quantitative estimate of drug-likeness (QED) is 0.268. The van der Waals surface area contributed by atoms with Crippen molar-refractivity contribution in [3.63, 3.8) is 0 Å². The van der Waals surface area contributed by atoms with Gasteiger partial charge in [-0.25, -0.2) is 13.2 Å². The zero-order chi connectivity index (χ0) is 25.6. The number of ketones is 1. The van der Waals surface area contributed by atoms with Crippen LogP contribution in [0.1, 0.15) is 42.5 Å². The predicted octanol–water partition coefficient (Wildman–Crippen LogP) is 2.44. The summed E-state index contributed by atoms with van der Waals surface area (Å²) < 4.78 is 33.2. The number of carbonyl (C=O) groups is 3. The van der Waals surface area contributed by atoms with Crippen LogP contribution in [-0.4, -0.2) is 43.9 Å². The van der Waals surface area contributed by atoms with E-state index in [1.165, 1.54) is 22.9 Å². The van der Waals surface area contributed by atoms with E-state index in [9.17, 15) is 22.8 Å². The normalized spacial score (nSPS) is 10.9. The molecule has 0 atom stereocenters. The molecular weight excluding hydrogens is 470 g/mol. The molecule has 2 N–H and O–H groups in total. The van der Waals surface area contributed by atoms with Crippen molar-refractivity contribution in [2.45, 2.75) is 18.7 Å². The highest BCUT2D eigenvalue weighted by Gasteiger charge is 2.20. The first kappa shape index (κ1) is 25.4. The average molecular weight is 494 g/mol. The van der Waals surface area contributed by atoms with Crippen LogP contribution in [0.25, 0.3) is 0 Å². The lowest BCUT2D eigenvalue weighted by Crippen LogP contribution is -2.25. The second kappa shape index (κ2) is 10.8. The number of sulfonamides is 1. The van der Waals surface area contributed by atoms with Gasteiger partial charge in [-0.1, -0.05) is 30.2 Å². The summed E-state index contributed by atoms with van der Waals surface area (Å²) in [6.45, 7) is 2.61. The molecule has 0 fully saturated rings. The van der Waals surface area contributed by atoms with Gasteiger partial charge in [0.1, 0.15) is 0 Å². The Morgan fingerprint density at radius 1 is 1.00 bits per heavy atom. The molecule has 1 aromatic heterocycles. The van der Waals surface area contributed by atoms with E-state index >= 15 is 0 Å². The summed E-state index contributed by atoms with van der Waals surface area (Å²) in [6.07, 6.45) is 5.07. The van der Waals surface area contributed by atoms with E-state index < -0.39 is 28.4 Å². The first-order valence-electron chi connectivity index (χ1n) is 10.4. The molecule has 1 amide bonds. The molecule has 0 aliphatic carbocycles. The summed E-state index contributed by atoms with van der Waals surface area (Å²) in [5, 5.41) is 0. The second-order valence-electron chi connectivity index (χ2n) is 7.48. The molecule has 9 nitrogen and oxygen atoms in total. The van der Waals surface area contributed by atoms with Gasteiger partial charge >= 0.3 is 5.97 Å². The molecular formula is C25H23N3O6S. The highest BCUT2D eigenvalue weighted by molar-refractivity contribution is 7.89. The number of rotatable bonds is 9. The predicted molar refractivity (Wildman–Crippen MR) is 129 cm³/mol. The Morgan fingerprint density at radius 3 is 2.37 bits per heavy atom. The van der Waals surface area contributed by atoms with Gasteiger partial charge in [0, 0.05) is 22.5 Å². The minimum absolute atomic E-state index is 0.0398. The Hall–Kier alpha value is -4.20. The Kier molecular flexibility index (Phi) is 7.86. The van der Waals surface area contributed by atoms with E-state index in [1.807, 2.05) is 0 Å². The Bertz CT molecular complexity index is 1420. The number of nitrogens with one attached hydrogen (secondary N) is 2. The fraction of sp³-hybridized carbons (Fsp3) is 0.160. The van der Waals surface area contributed by atoms with Crippen molar-refractivity contribution in [2.24, 2.45) is 0 Å². The molecule has 0 spiro atoms. The zero-order valence-corrected chi connectivity index (χ0v) is 19.9. The van der Waals surface area contributed by atoms with Crippen molar-refractivity contribution in [1.82, 2.24) is 9.40 Å². The monoisotopic (exact) mass is 493 g/mol. The van der Waals surface area contributed by atoms with Crippen LogP contribution in [0, 0.1) is 26.2 Å². The zero-order valence-electron chi connectivity index (χ0n) is 19.1. The summed E-state index contributed by atoms with van der Waals surface area (Å²) in [4.78, 5) is 37.5. The van der Waals surface area contributed by atoms with Gasteiger partial charge < -0.3 is 4.74 Å². The topological polar surface area (TPSA) is 124 Å². The minimum Gasteiger partial charge on any atom is -0.454 e. The molecule has 0 aliphatic rings. The standard InChI is InChI=1S/C25H23N3O6S/c1-4-13-26-35(32,33)21-12-8-11-20(15-21)25(31)34-16-23(29)22-14-17(2)28(18(22)3)27-24(30)19-9-6-5-7-10-19/h1,5-12,14-15,26H,13,16H2,2-3H3,(H,27,30). The Labute approximate surface area is 203 Å². The van der Waals surface area contributed by atoms with Gasteiger partial charge in [-0.3, -0.25) is 19.7 Å². The number of carbonyl (C=O) groups excluding carboxylic acids is 3. The third kappa shape index (κ3) is 6.03. The summed E-state index contributed by atoms with van der Waals surface area (Å²) >= 11 is 0. The van der Waals surface area contributed by atoms with Crippen LogP contribution in [0.2, 0.25) is 0 Å². The summed E-state index contributed by atoms with van der Waals surface area (Å²) in [5.74, 6) is 0.478. The van der Waals surface area contributed by atoms with Crippen molar-refractivity contribution < 1.29 is 27.5 Å². The average Bonchev–Trinajstić information content (AvgIpc) is 3.14. The molecule has 0 saturated carbocycles. The molecule has 10 heteroatoms. The molecule has 0 unspecified atom stereocenters. The van der Waals surface area contributed by atoms with Gasteiger partial charge in [0.25, 0.3) is 5.91 Å². The van der Waals surface area contributed by atoms with Crippen molar-refractivity contribution in [2.75, 3.05) is 18.6 Å². The van der Waals surface area contributed by atoms with Gasteiger partial charge in [-0.15, -0.1) is 6.42 Å². The van der Waals surface area contributed by atoms with E-state index in [0.717, 1.165) is 6.07 Å². The molecule has 0 bridgehead atoms. The van der Waals surface area contributed by atoms with E-state index in [1.54, 1.807) is 50.2 Å². The highest BCUT2D eigenvalue weighted by Crippen LogP contribution is 2.16. The smallest absolute Gasteiger partial charge is 0.338 e. The maximum absolute atomic E-state index is 12.7.